The second kappa shape index (κ2) is 9.27. The third-order valence-corrected chi connectivity index (χ3v) is 4.29. The van der Waals surface area contributed by atoms with Crippen LogP contribution >= 0.6 is 12.2 Å². The minimum Gasteiger partial charge on any atom is -0.464 e. The predicted molar refractivity (Wildman–Crippen MR) is 105 cm³/mol. The van der Waals surface area contributed by atoms with Crippen LogP contribution in [0.2, 0.25) is 0 Å². The first-order valence-electron chi connectivity index (χ1n) is 8.72. The summed E-state index contributed by atoms with van der Waals surface area (Å²) in [6, 6.07) is 6.91. The molecule has 1 saturated heterocycles. The zero-order valence-electron chi connectivity index (χ0n) is 15.6. The molecule has 1 aromatic carbocycles. The summed E-state index contributed by atoms with van der Waals surface area (Å²) in [5, 5.41) is 5.56. The molecule has 1 aromatic rings. The lowest BCUT2D eigenvalue weighted by atomic mass is 10.1. The fourth-order valence-corrected chi connectivity index (χ4v) is 2.76. The normalized spacial score (nSPS) is 16.3. The van der Waals surface area contributed by atoms with Gasteiger partial charge in [-0.2, -0.15) is 0 Å². The van der Waals surface area contributed by atoms with E-state index in [4.69, 9.17) is 17.0 Å². The molecule has 1 aliphatic heterocycles. The number of hydrogen-bond donors (Lipinski definition) is 2. The van der Waals surface area contributed by atoms with E-state index in [1.165, 1.54) is 4.90 Å². The van der Waals surface area contributed by atoms with Gasteiger partial charge in [-0.25, -0.2) is 4.79 Å². The zero-order valence-corrected chi connectivity index (χ0v) is 16.4. The first-order chi connectivity index (χ1) is 12.8. The number of rotatable bonds is 7. The monoisotopic (exact) mass is 389 g/mol. The Morgan fingerprint density at radius 2 is 1.96 bits per heavy atom. The molecule has 2 rings (SSSR count). The Bertz CT molecular complexity index is 774. The van der Waals surface area contributed by atoms with Crippen molar-refractivity contribution in [3.63, 3.8) is 0 Å². The Hall–Kier alpha value is -2.74. The Kier molecular flexibility index (Phi) is 7.06. The number of nitrogens with one attached hydrogen (secondary N) is 2. The van der Waals surface area contributed by atoms with E-state index < -0.39 is 17.9 Å². The maximum Gasteiger partial charge on any atom is 0.328 e. The molecule has 0 spiro atoms. The molecule has 1 heterocycles. The molecule has 0 saturated carbocycles. The van der Waals surface area contributed by atoms with E-state index in [2.05, 4.69) is 10.6 Å². The third kappa shape index (κ3) is 5.37. The summed E-state index contributed by atoms with van der Waals surface area (Å²) in [5.41, 5.74) is 2.26. The van der Waals surface area contributed by atoms with Crippen LogP contribution in [-0.4, -0.2) is 47.0 Å². The van der Waals surface area contributed by atoms with Gasteiger partial charge in [-0.3, -0.25) is 14.5 Å². The van der Waals surface area contributed by atoms with Crippen LogP contribution in [0, 0.1) is 6.92 Å². The van der Waals surface area contributed by atoms with Crippen LogP contribution in [0.4, 0.5) is 0 Å². The summed E-state index contributed by atoms with van der Waals surface area (Å²) in [6.45, 7) is 5.40. The van der Waals surface area contributed by atoms with E-state index in [1.807, 2.05) is 31.2 Å². The number of nitrogens with zero attached hydrogens (tertiary/aromatic N) is 1. The average molecular weight is 389 g/mol. The molecule has 1 unspecified atom stereocenters. The highest BCUT2D eigenvalue weighted by atomic mass is 32.1. The van der Waals surface area contributed by atoms with E-state index in [-0.39, 0.29) is 24.2 Å². The van der Waals surface area contributed by atoms with Crippen molar-refractivity contribution in [2.75, 3.05) is 13.2 Å². The minimum absolute atomic E-state index is 0.151. The number of esters is 1. The molecule has 0 aliphatic carbocycles. The van der Waals surface area contributed by atoms with Gasteiger partial charge < -0.3 is 15.4 Å². The number of thiocarbonyl (C=S) groups is 1. The van der Waals surface area contributed by atoms with Gasteiger partial charge in [0.15, 0.2) is 5.11 Å². The summed E-state index contributed by atoms with van der Waals surface area (Å²) in [6.07, 6.45) is 2.07. The molecule has 0 radical (unpaired) electrons. The smallest absolute Gasteiger partial charge is 0.328 e. The van der Waals surface area contributed by atoms with Gasteiger partial charge in [0.2, 0.25) is 5.91 Å². The highest BCUT2D eigenvalue weighted by Crippen LogP contribution is 2.14. The summed E-state index contributed by atoms with van der Waals surface area (Å²) in [5.74, 6) is -1.37. The van der Waals surface area contributed by atoms with Crippen molar-refractivity contribution in [3.8, 4) is 0 Å². The van der Waals surface area contributed by atoms with Crippen LogP contribution in [0.25, 0.3) is 6.08 Å². The van der Waals surface area contributed by atoms with Gasteiger partial charge in [-0.05, 0) is 44.1 Å². The summed E-state index contributed by atoms with van der Waals surface area (Å²) in [7, 11) is 0. The van der Waals surface area contributed by atoms with Crippen molar-refractivity contribution in [2.45, 2.75) is 33.2 Å². The quantitative estimate of drug-likeness (QED) is 0.418. The van der Waals surface area contributed by atoms with Crippen LogP contribution in [0.3, 0.4) is 0 Å². The molecule has 27 heavy (non-hydrogen) atoms. The van der Waals surface area contributed by atoms with Gasteiger partial charge in [0.25, 0.3) is 5.91 Å². The number of carbonyl (C=O) groups is 3. The second-order valence-electron chi connectivity index (χ2n) is 6.07. The molecular formula is C19H23N3O4S. The van der Waals surface area contributed by atoms with Crippen LogP contribution in [-0.2, 0) is 19.1 Å². The Morgan fingerprint density at radius 3 is 2.56 bits per heavy atom. The predicted octanol–water partition coefficient (Wildman–Crippen LogP) is 1.51. The fourth-order valence-electron chi connectivity index (χ4n) is 2.50. The second-order valence-corrected chi connectivity index (χ2v) is 6.46. The Balaban J connectivity index is 2.03. The lowest BCUT2D eigenvalue weighted by Gasteiger charge is -2.18. The Morgan fingerprint density at radius 1 is 1.30 bits per heavy atom. The van der Waals surface area contributed by atoms with E-state index in [9.17, 15) is 14.4 Å². The highest BCUT2D eigenvalue weighted by molar-refractivity contribution is 7.80. The zero-order chi connectivity index (χ0) is 20.0. The molecule has 1 fully saturated rings. The lowest BCUT2D eigenvalue weighted by molar-refractivity contribution is -0.147. The van der Waals surface area contributed by atoms with Gasteiger partial charge in [0.1, 0.15) is 18.3 Å². The summed E-state index contributed by atoms with van der Waals surface area (Å²) >= 11 is 5.17. The van der Waals surface area contributed by atoms with Crippen LogP contribution < -0.4 is 10.6 Å². The van der Waals surface area contributed by atoms with E-state index in [0.29, 0.717) is 12.1 Å². The van der Waals surface area contributed by atoms with Gasteiger partial charge in [-0.1, -0.05) is 36.8 Å². The van der Waals surface area contributed by atoms with Crippen molar-refractivity contribution in [1.29, 1.82) is 0 Å². The van der Waals surface area contributed by atoms with Crippen molar-refractivity contribution in [3.05, 3.63) is 41.1 Å². The maximum absolute atomic E-state index is 12.6. The van der Waals surface area contributed by atoms with Crippen LogP contribution in [0.15, 0.2) is 30.0 Å². The van der Waals surface area contributed by atoms with Crippen molar-refractivity contribution in [1.82, 2.24) is 15.5 Å². The van der Waals surface area contributed by atoms with E-state index >= 15 is 0 Å². The molecule has 1 aliphatic rings. The molecular weight excluding hydrogens is 366 g/mol. The summed E-state index contributed by atoms with van der Waals surface area (Å²) < 4.78 is 4.92. The molecule has 8 heteroatoms. The Labute approximate surface area is 163 Å². The molecule has 2 N–H and O–H groups in total. The number of ether oxygens (including phenoxy) is 1. The summed E-state index contributed by atoms with van der Waals surface area (Å²) in [4.78, 5) is 37.8. The van der Waals surface area contributed by atoms with Crippen LogP contribution in [0.1, 0.15) is 31.4 Å². The standard InChI is InChI=1S/C19H23N3O4S/c1-4-14(18(25)26-5-2)20-16(23)11-22-17(24)15(21-19(22)27)10-13-8-6-12(3)7-9-13/h6-10,14H,4-5,11H2,1-3H3,(H,20,23)(H,21,27)/b15-10-. The molecule has 7 nitrogen and oxygen atoms in total. The SMILES string of the molecule is CCOC(=O)C(CC)NC(=O)CN1C(=O)/C(=C/c2ccc(C)cc2)NC1=S. The topological polar surface area (TPSA) is 87.7 Å². The van der Waals surface area contributed by atoms with Gasteiger partial charge >= 0.3 is 5.97 Å². The lowest BCUT2D eigenvalue weighted by Crippen LogP contribution is -2.47. The van der Waals surface area contributed by atoms with Gasteiger partial charge in [0, 0.05) is 0 Å². The third-order valence-electron chi connectivity index (χ3n) is 3.97. The molecule has 2 amide bonds. The maximum atomic E-state index is 12.6. The molecule has 0 bridgehead atoms. The number of amides is 2. The first kappa shape index (κ1) is 20.6. The minimum atomic E-state index is -0.751. The largest absolute Gasteiger partial charge is 0.464 e. The molecule has 144 valence electrons. The van der Waals surface area contributed by atoms with Gasteiger partial charge in [0.05, 0.1) is 6.61 Å². The van der Waals surface area contributed by atoms with Crippen molar-refractivity contribution in [2.24, 2.45) is 0 Å². The molecule has 1 atom stereocenters. The van der Waals surface area contributed by atoms with E-state index in [1.54, 1.807) is 19.9 Å². The number of aryl methyl sites for hydroxylation is 1. The van der Waals surface area contributed by atoms with Gasteiger partial charge in [-0.15, -0.1) is 0 Å². The molecule has 0 aromatic heterocycles. The average Bonchev–Trinajstić information content (AvgIpc) is 2.89. The first-order valence-corrected chi connectivity index (χ1v) is 9.13. The fraction of sp³-hybridized carbons (Fsp3) is 0.368. The number of carbonyl (C=O) groups excluding carboxylic acids is 3. The number of hydrogen-bond acceptors (Lipinski definition) is 5. The van der Waals surface area contributed by atoms with Crippen LogP contribution in [0.5, 0.6) is 0 Å². The number of benzene rings is 1. The van der Waals surface area contributed by atoms with Crippen molar-refractivity contribution >= 4 is 41.2 Å². The van der Waals surface area contributed by atoms with Crippen molar-refractivity contribution < 1.29 is 19.1 Å². The highest BCUT2D eigenvalue weighted by Gasteiger charge is 2.33. The van der Waals surface area contributed by atoms with E-state index in [0.717, 1.165) is 11.1 Å².